The zero-order valence-electron chi connectivity index (χ0n) is 14.6. The van der Waals surface area contributed by atoms with Gasteiger partial charge in [-0.2, -0.15) is 0 Å². The molecule has 1 N–H and O–H groups in total. The number of carbonyl (C=O) groups excluding carboxylic acids is 1. The molecule has 2 heterocycles. The molecule has 0 spiro atoms. The first-order chi connectivity index (χ1) is 11.3. The minimum atomic E-state index is 0. The van der Waals surface area contributed by atoms with E-state index < -0.39 is 0 Å². The summed E-state index contributed by atoms with van der Waals surface area (Å²) in [5.74, 6) is 0.926. The topological polar surface area (TPSA) is 35.6 Å². The molecule has 5 heteroatoms. The van der Waals surface area contributed by atoms with Gasteiger partial charge in [0.15, 0.2) is 0 Å². The Bertz CT molecular complexity index is 505. The van der Waals surface area contributed by atoms with Gasteiger partial charge >= 0.3 is 0 Å². The van der Waals surface area contributed by atoms with Crippen molar-refractivity contribution in [3.8, 4) is 0 Å². The van der Waals surface area contributed by atoms with Crippen LogP contribution < -0.4 is 5.32 Å². The van der Waals surface area contributed by atoms with Gasteiger partial charge in [0.05, 0.1) is 6.04 Å². The Morgan fingerprint density at radius 1 is 1.29 bits per heavy atom. The number of nitrogens with one attached hydrogen (secondary N) is 1. The molecule has 0 aromatic heterocycles. The molecule has 2 saturated heterocycles. The fraction of sp³-hybridized carbons (Fsp3) is 0.632. The van der Waals surface area contributed by atoms with E-state index in [1.807, 2.05) is 0 Å². The molecule has 2 unspecified atom stereocenters. The molecule has 3 rings (SSSR count). The minimum absolute atomic E-state index is 0. The van der Waals surface area contributed by atoms with Crippen LogP contribution in [0.4, 0.5) is 0 Å². The smallest absolute Gasteiger partial charge is 0.239 e. The van der Waals surface area contributed by atoms with Gasteiger partial charge < -0.3 is 10.2 Å². The zero-order chi connectivity index (χ0) is 16.1. The van der Waals surface area contributed by atoms with Crippen molar-refractivity contribution in [1.82, 2.24) is 15.1 Å². The van der Waals surface area contributed by atoms with E-state index in [4.69, 9.17) is 0 Å². The van der Waals surface area contributed by atoms with E-state index in [0.29, 0.717) is 11.8 Å². The summed E-state index contributed by atoms with van der Waals surface area (Å²) in [6, 6.07) is 10.7. The van der Waals surface area contributed by atoms with E-state index in [1.54, 1.807) is 0 Å². The summed E-state index contributed by atoms with van der Waals surface area (Å²) in [6.45, 7) is 8.11. The van der Waals surface area contributed by atoms with Crippen molar-refractivity contribution in [1.29, 1.82) is 0 Å². The molecule has 2 fully saturated rings. The lowest BCUT2D eigenvalue weighted by Gasteiger charge is -2.27. The van der Waals surface area contributed by atoms with Gasteiger partial charge in [0.1, 0.15) is 0 Å². The SMILES string of the molecule is CCN(CC1CCN(Cc2ccccc2)C1)C(=O)C1CCCN1.Cl. The number of likely N-dealkylation sites (N-methyl/N-ethyl adjacent to an activating group) is 1. The molecule has 0 aliphatic carbocycles. The molecule has 1 amide bonds. The lowest BCUT2D eigenvalue weighted by Crippen LogP contribution is -2.45. The summed E-state index contributed by atoms with van der Waals surface area (Å²) >= 11 is 0. The maximum atomic E-state index is 12.6. The number of amides is 1. The highest BCUT2D eigenvalue weighted by Crippen LogP contribution is 2.20. The predicted octanol–water partition coefficient (Wildman–Crippen LogP) is 2.53. The van der Waals surface area contributed by atoms with Crippen LogP contribution in [0.2, 0.25) is 0 Å². The molecule has 2 atom stereocenters. The summed E-state index contributed by atoms with van der Waals surface area (Å²) in [4.78, 5) is 17.2. The van der Waals surface area contributed by atoms with Crippen molar-refractivity contribution in [2.75, 3.05) is 32.7 Å². The van der Waals surface area contributed by atoms with E-state index >= 15 is 0 Å². The Morgan fingerprint density at radius 2 is 2.08 bits per heavy atom. The number of benzene rings is 1. The molecule has 2 aliphatic rings. The highest BCUT2D eigenvalue weighted by atomic mass is 35.5. The van der Waals surface area contributed by atoms with Gasteiger partial charge in [-0.1, -0.05) is 30.3 Å². The monoisotopic (exact) mass is 351 g/mol. The predicted molar refractivity (Wildman–Crippen MR) is 100 cm³/mol. The molecular weight excluding hydrogens is 322 g/mol. The standard InChI is InChI=1S/C19H29N3O.ClH/c1-2-22(19(23)18-9-6-11-20-18)15-17-10-12-21(14-17)13-16-7-4-3-5-8-16;/h3-5,7-8,17-18,20H,2,6,9-15H2,1H3;1H. The Balaban J connectivity index is 0.00000208. The summed E-state index contributed by atoms with van der Waals surface area (Å²) in [7, 11) is 0. The summed E-state index contributed by atoms with van der Waals surface area (Å²) in [5.41, 5.74) is 1.38. The summed E-state index contributed by atoms with van der Waals surface area (Å²) in [6.07, 6.45) is 3.33. The molecular formula is C19H30ClN3O. The van der Waals surface area contributed by atoms with Crippen LogP contribution in [0.5, 0.6) is 0 Å². The fourth-order valence-electron chi connectivity index (χ4n) is 3.85. The van der Waals surface area contributed by atoms with E-state index in [2.05, 4.69) is 52.4 Å². The third-order valence-electron chi connectivity index (χ3n) is 5.15. The van der Waals surface area contributed by atoms with Crippen LogP contribution in [0.25, 0.3) is 0 Å². The Kier molecular flexibility index (Phi) is 7.53. The highest BCUT2D eigenvalue weighted by Gasteiger charge is 2.30. The maximum Gasteiger partial charge on any atom is 0.239 e. The average molecular weight is 352 g/mol. The molecule has 4 nitrogen and oxygen atoms in total. The Labute approximate surface area is 152 Å². The van der Waals surface area contributed by atoms with Crippen molar-refractivity contribution in [3.05, 3.63) is 35.9 Å². The first kappa shape index (κ1) is 19.2. The number of likely N-dealkylation sites (tertiary alicyclic amines) is 1. The first-order valence-electron chi connectivity index (χ1n) is 9.04. The lowest BCUT2D eigenvalue weighted by atomic mass is 10.1. The van der Waals surface area contributed by atoms with Gasteiger partial charge in [-0.25, -0.2) is 0 Å². The molecule has 1 aromatic carbocycles. The second kappa shape index (κ2) is 9.40. The normalized spacial score (nSPS) is 23.9. The van der Waals surface area contributed by atoms with Crippen molar-refractivity contribution in [3.63, 3.8) is 0 Å². The Hall–Kier alpha value is -1.10. The second-order valence-corrected chi connectivity index (χ2v) is 6.90. The number of carbonyl (C=O) groups is 1. The van der Waals surface area contributed by atoms with E-state index in [9.17, 15) is 4.79 Å². The molecule has 134 valence electrons. The maximum absolute atomic E-state index is 12.6. The number of halogens is 1. The van der Waals surface area contributed by atoms with Crippen LogP contribution in [-0.4, -0.2) is 54.5 Å². The van der Waals surface area contributed by atoms with Crippen LogP contribution in [0.3, 0.4) is 0 Å². The minimum Gasteiger partial charge on any atom is -0.341 e. The van der Waals surface area contributed by atoms with Gasteiger partial charge in [-0.05, 0) is 50.8 Å². The van der Waals surface area contributed by atoms with Crippen LogP contribution in [-0.2, 0) is 11.3 Å². The molecule has 0 radical (unpaired) electrons. The number of rotatable bonds is 6. The van der Waals surface area contributed by atoms with Crippen LogP contribution >= 0.6 is 12.4 Å². The van der Waals surface area contributed by atoms with Gasteiger partial charge in [-0.15, -0.1) is 12.4 Å². The fourth-order valence-corrected chi connectivity index (χ4v) is 3.85. The van der Waals surface area contributed by atoms with Gasteiger partial charge in [0.25, 0.3) is 0 Å². The quantitative estimate of drug-likeness (QED) is 0.855. The Morgan fingerprint density at radius 3 is 2.75 bits per heavy atom. The summed E-state index contributed by atoms with van der Waals surface area (Å²) < 4.78 is 0. The van der Waals surface area contributed by atoms with Gasteiger partial charge in [-0.3, -0.25) is 9.69 Å². The molecule has 0 bridgehead atoms. The highest BCUT2D eigenvalue weighted by molar-refractivity contribution is 5.85. The van der Waals surface area contributed by atoms with Crippen LogP contribution in [0.15, 0.2) is 30.3 Å². The van der Waals surface area contributed by atoms with Gasteiger partial charge in [0.2, 0.25) is 5.91 Å². The number of hydrogen-bond donors (Lipinski definition) is 1. The van der Waals surface area contributed by atoms with E-state index in [0.717, 1.165) is 52.1 Å². The van der Waals surface area contributed by atoms with Crippen LogP contribution in [0.1, 0.15) is 31.7 Å². The third kappa shape index (κ3) is 4.95. The second-order valence-electron chi connectivity index (χ2n) is 6.90. The lowest BCUT2D eigenvalue weighted by molar-refractivity contribution is -0.133. The molecule has 24 heavy (non-hydrogen) atoms. The largest absolute Gasteiger partial charge is 0.341 e. The van der Waals surface area contributed by atoms with Crippen molar-refractivity contribution in [2.45, 2.75) is 38.8 Å². The number of nitrogens with zero attached hydrogens (tertiary/aromatic N) is 2. The van der Waals surface area contributed by atoms with E-state index in [1.165, 1.54) is 12.0 Å². The third-order valence-corrected chi connectivity index (χ3v) is 5.15. The summed E-state index contributed by atoms with van der Waals surface area (Å²) in [5, 5.41) is 3.34. The molecule has 0 saturated carbocycles. The van der Waals surface area contributed by atoms with Crippen molar-refractivity contribution >= 4 is 18.3 Å². The number of hydrogen-bond acceptors (Lipinski definition) is 3. The molecule has 2 aliphatic heterocycles. The van der Waals surface area contributed by atoms with Crippen molar-refractivity contribution in [2.24, 2.45) is 5.92 Å². The zero-order valence-corrected chi connectivity index (χ0v) is 15.4. The van der Waals surface area contributed by atoms with Crippen molar-refractivity contribution < 1.29 is 4.79 Å². The first-order valence-corrected chi connectivity index (χ1v) is 9.04. The van der Waals surface area contributed by atoms with Crippen LogP contribution in [0, 0.1) is 5.92 Å². The van der Waals surface area contributed by atoms with Gasteiger partial charge in [0, 0.05) is 26.2 Å². The average Bonchev–Trinajstić information content (AvgIpc) is 3.25. The molecule has 1 aromatic rings. The van der Waals surface area contributed by atoms with E-state index in [-0.39, 0.29) is 18.4 Å².